The van der Waals surface area contributed by atoms with E-state index in [-0.39, 0.29) is 18.1 Å². The Kier molecular flexibility index (Phi) is 7.70. The molecule has 5 rings (SSSR count). The summed E-state index contributed by atoms with van der Waals surface area (Å²) in [5, 5.41) is 12.9. The number of anilines is 1. The van der Waals surface area contributed by atoms with Crippen LogP contribution in [0.25, 0.3) is 22.2 Å². The van der Waals surface area contributed by atoms with E-state index in [1.165, 1.54) is 4.90 Å². The number of amides is 2. The average Bonchev–Trinajstić information content (AvgIpc) is 3.55. The van der Waals surface area contributed by atoms with Crippen molar-refractivity contribution in [2.24, 2.45) is 7.05 Å². The van der Waals surface area contributed by atoms with Crippen LogP contribution in [0.1, 0.15) is 62.9 Å². The van der Waals surface area contributed by atoms with Gasteiger partial charge in [-0.3, -0.25) is 19.1 Å². The van der Waals surface area contributed by atoms with Gasteiger partial charge >= 0.3 is 6.09 Å². The Morgan fingerprint density at radius 1 is 1.10 bits per heavy atom. The zero-order valence-corrected chi connectivity index (χ0v) is 24.4. The van der Waals surface area contributed by atoms with Crippen molar-refractivity contribution in [1.29, 1.82) is 0 Å². The Morgan fingerprint density at radius 2 is 1.85 bits per heavy atom. The molecule has 3 heterocycles. The van der Waals surface area contributed by atoms with Crippen molar-refractivity contribution >= 4 is 28.7 Å². The van der Waals surface area contributed by atoms with Crippen LogP contribution < -0.4 is 15.0 Å². The fourth-order valence-corrected chi connectivity index (χ4v) is 5.12. The predicted molar refractivity (Wildman–Crippen MR) is 156 cm³/mol. The number of aromatic nitrogens is 5. The minimum atomic E-state index is -0.616. The number of benzene rings is 1. The molecule has 1 N–H and O–H groups in total. The number of pyridine rings is 1. The van der Waals surface area contributed by atoms with Gasteiger partial charge in [-0.2, -0.15) is 10.2 Å². The highest BCUT2D eigenvalue weighted by Crippen LogP contribution is 2.37. The minimum Gasteiger partial charge on any atom is -0.490 e. The third-order valence-corrected chi connectivity index (χ3v) is 7.18. The number of nitrogens with zero attached hydrogens (tertiary/aromatic N) is 6. The minimum absolute atomic E-state index is 0.0429. The summed E-state index contributed by atoms with van der Waals surface area (Å²) in [4.78, 5) is 30.8. The normalized spacial score (nSPS) is 17.3. The lowest BCUT2D eigenvalue weighted by Gasteiger charge is -2.29. The molecule has 0 spiro atoms. The quantitative estimate of drug-likeness (QED) is 0.348. The molecule has 41 heavy (non-hydrogen) atoms. The van der Waals surface area contributed by atoms with Crippen LogP contribution in [0.2, 0.25) is 0 Å². The molecular formula is C30H37N7O4. The van der Waals surface area contributed by atoms with Crippen LogP contribution in [-0.4, -0.2) is 62.3 Å². The van der Waals surface area contributed by atoms with Crippen molar-refractivity contribution < 1.29 is 19.1 Å². The van der Waals surface area contributed by atoms with Gasteiger partial charge in [0, 0.05) is 56.1 Å². The molecule has 1 aromatic carbocycles. The lowest BCUT2D eigenvalue weighted by molar-refractivity contribution is 0.0588. The highest BCUT2D eigenvalue weighted by molar-refractivity contribution is 5.96. The molecule has 4 aromatic rings. The van der Waals surface area contributed by atoms with Crippen molar-refractivity contribution in [3.8, 4) is 17.0 Å². The maximum Gasteiger partial charge on any atom is 0.415 e. The molecule has 0 saturated heterocycles. The first-order valence-electron chi connectivity index (χ1n) is 13.8. The Bertz CT molecular complexity index is 1560. The maximum absolute atomic E-state index is 12.8. The molecule has 0 unspecified atom stereocenters. The molecule has 216 valence electrons. The summed E-state index contributed by atoms with van der Waals surface area (Å²) in [5.41, 5.74) is 2.56. The summed E-state index contributed by atoms with van der Waals surface area (Å²) < 4.78 is 15.6. The lowest BCUT2D eigenvalue weighted by Crippen LogP contribution is -2.34. The van der Waals surface area contributed by atoms with Gasteiger partial charge in [0.2, 0.25) is 0 Å². The van der Waals surface area contributed by atoms with E-state index in [0.717, 1.165) is 47.8 Å². The molecule has 1 fully saturated rings. The van der Waals surface area contributed by atoms with Crippen LogP contribution in [0.5, 0.6) is 5.75 Å². The summed E-state index contributed by atoms with van der Waals surface area (Å²) in [6, 6.07) is 9.31. The smallest absolute Gasteiger partial charge is 0.415 e. The molecule has 1 aliphatic carbocycles. The van der Waals surface area contributed by atoms with Gasteiger partial charge in [0.15, 0.2) is 0 Å². The number of nitrogens with one attached hydrogen (secondary N) is 1. The lowest BCUT2D eigenvalue weighted by atomic mass is 9.93. The Balaban J connectivity index is 1.40. The van der Waals surface area contributed by atoms with E-state index in [9.17, 15) is 9.59 Å². The van der Waals surface area contributed by atoms with Gasteiger partial charge in [-0.05, 0) is 64.7 Å². The van der Waals surface area contributed by atoms with Gasteiger partial charge in [0.05, 0.1) is 23.9 Å². The Hall–Kier alpha value is -4.41. The Labute approximate surface area is 239 Å². The molecule has 11 nitrogen and oxygen atoms in total. The number of carbonyl (C=O) groups excluding carboxylic acids is 2. The molecule has 0 aliphatic heterocycles. The zero-order chi connectivity index (χ0) is 29.3. The number of aryl methyl sites for hydroxylation is 1. The Morgan fingerprint density at radius 3 is 2.51 bits per heavy atom. The van der Waals surface area contributed by atoms with E-state index in [1.54, 1.807) is 43.3 Å². The van der Waals surface area contributed by atoms with Crippen molar-refractivity contribution in [1.82, 2.24) is 29.9 Å². The number of rotatable bonds is 6. The second-order valence-electron chi connectivity index (χ2n) is 11.5. The first-order chi connectivity index (χ1) is 19.5. The van der Waals surface area contributed by atoms with Crippen LogP contribution in [0.15, 0.2) is 48.9 Å². The van der Waals surface area contributed by atoms with Gasteiger partial charge in [-0.1, -0.05) is 6.07 Å². The molecule has 0 radical (unpaired) electrons. The summed E-state index contributed by atoms with van der Waals surface area (Å²) in [6.45, 7) is 5.51. The molecule has 2 amide bonds. The largest absolute Gasteiger partial charge is 0.490 e. The average molecular weight is 560 g/mol. The van der Waals surface area contributed by atoms with Gasteiger partial charge < -0.3 is 14.8 Å². The van der Waals surface area contributed by atoms with Crippen molar-refractivity contribution in [3.63, 3.8) is 0 Å². The summed E-state index contributed by atoms with van der Waals surface area (Å²) in [5.74, 6) is 1.04. The fraction of sp³-hybridized carbons (Fsp3) is 0.433. The molecule has 1 aliphatic rings. The van der Waals surface area contributed by atoms with Crippen LogP contribution >= 0.6 is 0 Å². The van der Waals surface area contributed by atoms with E-state index in [4.69, 9.17) is 14.6 Å². The zero-order valence-electron chi connectivity index (χ0n) is 24.4. The standard InChI is InChI=1S/C30H37N7O4/c1-30(2,3)41-29(39)36(6)26-15-25-24(17-32-26)27(20-16-33-35(5)18-20)34-37(25)21-10-12-22(13-11-21)40-23-9-7-8-19(14-23)28(38)31-4/h7-9,14-18,21-22H,10-13H2,1-6H3,(H,31,38)/t21-,22+. The van der Waals surface area contributed by atoms with E-state index < -0.39 is 11.7 Å². The number of hydrogen-bond acceptors (Lipinski definition) is 7. The predicted octanol–water partition coefficient (Wildman–Crippen LogP) is 5.13. The van der Waals surface area contributed by atoms with Gasteiger partial charge in [-0.25, -0.2) is 9.78 Å². The van der Waals surface area contributed by atoms with E-state index >= 15 is 0 Å². The maximum atomic E-state index is 12.8. The van der Waals surface area contributed by atoms with Gasteiger partial charge in [-0.15, -0.1) is 0 Å². The van der Waals surface area contributed by atoms with Crippen LogP contribution in [0.3, 0.4) is 0 Å². The SMILES string of the molecule is CNC(=O)c1cccc(O[C@H]2CC[C@@H](n3nc(-c4cnn(C)c4)c4cnc(N(C)C(=O)OC(C)(C)C)cc43)CC2)c1. The van der Waals surface area contributed by atoms with Crippen molar-refractivity contribution in [2.75, 3.05) is 19.0 Å². The van der Waals surface area contributed by atoms with Crippen LogP contribution in [0.4, 0.5) is 10.6 Å². The number of carbonyl (C=O) groups is 2. The monoisotopic (exact) mass is 559 g/mol. The topological polar surface area (TPSA) is 116 Å². The summed E-state index contributed by atoms with van der Waals surface area (Å²) in [7, 11) is 5.15. The highest BCUT2D eigenvalue weighted by atomic mass is 16.6. The van der Waals surface area contributed by atoms with Gasteiger partial charge in [0.1, 0.15) is 22.9 Å². The van der Waals surface area contributed by atoms with Crippen molar-refractivity contribution in [2.45, 2.75) is 64.2 Å². The summed E-state index contributed by atoms with van der Waals surface area (Å²) in [6.07, 6.45) is 8.48. The highest BCUT2D eigenvalue weighted by Gasteiger charge is 2.28. The molecule has 1 saturated carbocycles. The molecule has 0 atom stereocenters. The first kappa shape index (κ1) is 28.1. The second-order valence-corrected chi connectivity index (χ2v) is 11.5. The van der Waals surface area contributed by atoms with Crippen LogP contribution in [0, 0.1) is 0 Å². The van der Waals surface area contributed by atoms with Crippen molar-refractivity contribution in [3.05, 3.63) is 54.5 Å². The van der Waals surface area contributed by atoms with Gasteiger partial charge in [0.25, 0.3) is 5.91 Å². The molecule has 0 bridgehead atoms. The van der Waals surface area contributed by atoms with E-state index in [1.807, 2.05) is 52.2 Å². The second kappa shape index (κ2) is 11.2. The summed E-state index contributed by atoms with van der Waals surface area (Å²) >= 11 is 0. The molecular weight excluding hydrogens is 522 g/mol. The fourth-order valence-electron chi connectivity index (χ4n) is 5.12. The molecule has 11 heteroatoms. The number of ether oxygens (including phenoxy) is 2. The van der Waals surface area contributed by atoms with E-state index in [2.05, 4.69) is 20.1 Å². The van der Waals surface area contributed by atoms with Crippen LogP contribution in [-0.2, 0) is 11.8 Å². The van der Waals surface area contributed by atoms with E-state index in [0.29, 0.717) is 17.1 Å². The number of hydrogen-bond donors (Lipinski definition) is 1. The third-order valence-electron chi connectivity index (χ3n) is 7.18. The first-order valence-corrected chi connectivity index (χ1v) is 13.8. The number of fused-ring (bicyclic) bond motifs is 1. The third kappa shape index (κ3) is 6.18. The molecule has 3 aromatic heterocycles.